The summed E-state index contributed by atoms with van der Waals surface area (Å²) in [6.07, 6.45) is 2.71. The lowest BCUT2D eigenvalue weighted by Gasteiger charge is -2.29. The Labute approximate surface area is 227 Å². The standard InChI is InChI=1S/C25H20FN5O3S2.ClH/c26-17-12-16(28-25(35)29-21(32)11-15-5-2-1-3-6-15)7-8-18(17)34-19-14-36-20-13-27-23(30-22(19)20)24(33)31-9-4-10-31;/h1-3,5-8,12-14H,4,9-11H2,(H2,28,29,32,35);1H. The molecule has 1 aliphatic heterocycles. The first-order valence-corrected chi connectivity index (χ1v) is 12.4. The van der Waals surface area contributed by atoms with Crippen molar-refractivity contribution in [3.8, 4) is 11.5 Å². The second-order valence-electron chi connectivity index (χ2n) is 8.06. The van der Waals surface area contributed by atoms with Crippen LogP contribution in [-0.4, -0.2) is 44.9 Å². The Bertz CT molecular complexity index is 1460. The fourth-order valence-electron chi connectivity index (χ4n) is 3.54. The lowest BCUT2D eigenvalue weighted by molar-refractivity contribution is -0.119. The maximum absolute atomic E-state index is 14.8. The summed E-state index contributed by atoms with van der Waals surface area (Å²) in [6.45, 7) is 1.39. The highest BCUT2D eigenvalue weighted by Gasteiger charge is 2.24. The molecule has 0 radical (unpaired) electrons. The number of carbonyl (C=O) groups excluding carboxylic acids is 2. The van der Waals surface area contributed by atoms with Gasteiger partial charge in [0, 0.05) is 36.4 Å². The minimum Gasteiger partial charge on any atom is -0.451 e. The average Bonchev–Trinajstić information content (AvgIpc) is 3.22. The van der Waals surface area contributed by atoms with E-state index in [4.69, 9.17) is 17.0 Å². The van der Waals surface area contributed by atoms with Crippen LogP contribution in [0.25, 0.3) is 10.2 Å². The van der Waals surface area contributed by atoms with E-state index in [1.165, 1.54) is 23.5 Å². The Morgan fingerprint density at radius 1 is 1.14 bits per heavy atom. The van der Waals surface area contributed by atoms with Crippen molar-refractivity contribution in [2.24, 2.45) is 0 Å². The molecule has 0 spiro atoms. The highest BCUT2D eigenvalue weighted by molar-refractivity contribution is 7.80. The Hall–Kier alpha value is -3.67. The topological polar surface area (TPSA) is 96.4 Å². The molecule has 190 valence electrons. The normalized spacial score (nSPS) is 12.3. The number of hydrogen-bond donors (Lipinski definition) is 2. The number of fused-ring (bicyclic) bond motifs is 1. The lowest BCUT2D eigenvalue weighted by atomic mass is 10.1. The molecule has 2 amide bonds. The zero-order valence-electron chi connectivity index (χ0n) is 19.3. The van der Waals surface area contributed by atoms with Gasteiger partial charge >= 0.3 is 0 Å². The molecule has 1 aliphatic rings. The maximum Gasteiger partial charge on any atom is 0.291 e. The van der Waals surface area contributed by atoms with Crippen LogP contribution in [-0.2, 0) is 11.2 Å². The van der Waals surface area contributed by atoms with Gasteiger partial charge in [-0.2, -0.15) is 0 Å². The molecule has 0 bridgehead atoms. The summed E-state index contributed by atoms with van der Waals surface area (Å²) >= 11 is 6.51. The lowest BCUT2D eigenvalue weighted by Crippen LogP contribution is -2.42. The molecule has 0 atom stereocenters. The number of likely N-dealkylation sites (tertiary alicyclic amines) is 1. The van der Waals surface area contributed by atoms with Gasteiger partial charge < -0.3 is 20.3 Å². The minimum absolute atomic E-state index is 0. The third kappa shape index (κ3) is 6.19. The predicted molar refractivity (Wildman–Crippen MR) is 146 cm³/mol. The van der Waals surface area contributed by atoms with Crippen molar-refractivity contribution in [3.05, 3.63) is 77.3 Å². The summed E-state index contributed by atoms with van der Waals surface area (Å²) < 4.78 is 21.3. The average molecular weight is 558 g/mol. The largest absolute Gasteiger partial charge is 0.451 e. The van der Waals surface area contributed by atoms with Crippen LogP contribution in [0.1, 0.15) is 22.6 Å². The third-order valence-electron chi connectivity index (χ3n) is 5.49. The number of nitrogens with zero attached hydrogens (tertiary/aromatic N) is 3. The van der Waals surface area contributed by atoms with Gasteiger partial charge in [-0.05, 0) is 36.3 Å². The Morgan fingerprint density at radius 3 is 2.62 bits per heavy atom. The van der Waals surface area contributed by atoms with Gasteiger partial charge in [-0.3, -0.25) is 9.59 Å². The van der Waals surface area contributed by atoms with Crippen molar-refractivity contribution in [1.29, 1.82) is 0 Å². The van der Waals surface area contributed by atoms with Crippen molar-refractivity contribution >= 4 is 68.8 Å². The van der Waals surface area contributed by atoms with Gasteiger partial charge in [-0.25, -0.2) is 14.4 Å². The first-order chi connectivity index (χ1) is 17.5. The van der Waals surface area contributed by atoms with Crippen molar-refractivity contribution < 1.29 is 18.7 Å². The minimum atomic E-state index is -0.635. The molecule has 1 fully saturated rings. The van der Waals surface area contributed by atoms with E-state index in [2.05, 4.69) is 20.6 Å². The Kier molecular flexibility index (Phi) is 8.27. The molecule has 2 N–H and O–H groups in total. The molecule has 4 aromatic rings. The number of nitrogens with one attached hydrogen (secondary N) is 2. The molecule has 5 rings (SSSR count). The smallest absolute Gasteiger partial charge is 0.291 e. The first kappa shape index (κ1) is 26.4. The second-order valence-corrected chi connectivity index (χ2v) is 9.38. The number of anilines is 1. The molecular weight excluding hydrogens is 537 g/mol. The molecule has 2 aromatic carbocycles. The molecule has 3 heterocycles. The van der Waals surface area contributed by atoms with E-state index < -0.39 is 5.82 Å². The molecule has 37 heavy (non-hydrogen) atoms. The molecular formula is C25H21ClFN5O3S2. The van der Waals surface area contributed by atoms with Crippen LogP contribution in [0.2, 0.25) is 0 Å². The SMILES string of the molecule is Cl.O=C(Cc1ccccc1)NC(=S)Nc1ccc(Oc2csc3cnc(C(=O)N4CCC4)nc23)c(F)c1. The number of amides is 2. The first-order valence-electron chi connectivity index (χ1n) is 11.1. The number of benzene rings is 2. The predicted octanol–water partition coefficient (Wildman–Crippen LogP) is 4.95. The molecule has 8 nitrogen and oxygen atoms in total. The molecule has 1 saturated heterocycles. The van der Waals surface area contributed by atoms with E-state index in [9.17, 15) is 14.0 Å². The molecule has 2 aromatic heterocycles. The summed E-state index contributed by atoms with van der Waals surface area (Å²) in [4.78, 5) is 34.8. The number of halogens is 2. The van der Waals surface area contributed by atoms with Crippen LogP contribution >= 0.6 is 36.0 Å². The number of hydrogen-bond acceptors (Lipinski definition) is 7. The van der Waals surface area contributed by atoms with E-state index in [0.29, 0.717) is 30.0 Å². The summed E-state index contributed by atoms with van der Waals surface area (Å²) in [5.41, 5.74) is 1.65. The Morgan fingerprint density at radius 2 is 1.92 bits per heavy atom. The van der Waals surface area contributed by atoms with Crippen molar-refractivity contribution in [2.75, 3.05) is 18.4 Å². The Balaban J connectivity index is 0.00000320. The maximum atomic E-state index is 14.8. The summed E-state index contributed by atoms with van der Waals surface area (Å²) in [6, 6.07) is 13.5. The number of carbonyl (C=O) groups is 2. The van der Waals surface area contributed by atoms with Gasteiger partial charge in [0.2, 0.25) is 11.7 Å². The van der Waals surface area contributed by atoms with Gasteiger partial charge in [0.25, 0.3) is 5.91 Å². The van der Waals surface area contributed by atoms with Crippen LogP contribution in [0.15, 0.2) is 60.1 Å². The van der Waals surface area contributed by atoms with Crippen LogP contribution in [0, 0.1) is 5.82 Å². The van der Waals surface area contributed by atoms with Crippen LogP contribution in [0.4, 0.5) is 10.1 Å². The molecule has 12 heteroatoms. The van der Waals surface area contributed by atoms with Gasteiger partial charge in [-0.1, -0.05) is 30.3 Å². The third-order valence-corrected chi connectivity index (χ3v) is 6.57. The van der Waals surface area contributed by atoms with Crippen LogP contribution < -0.4 is 15.4 Å². The number of rotatable bonds is 6. The summed E-state index contributed by atoms with van der Waals surface area (Å²) in [7, 11) is 0. The van der Waals surface area contributed by atoms with E-state index in [0.717, 1.165) is 16.7 Å². The molecule has 0 unspecified atom stereocenters. The number of thiocarbonyl (C=S) groups is 1. The quantitative estimate of drug-likeness (QED) is 0.324. The van der Waals surface area contributed by atoms with Crippen LogP contribution in [0.3, 0.4) is 0 Å². The fourth-order valence-corrected chi connectivity index (χ4v) is 4.53. The monoisotopic (exact) mass is 557 g/mol. The zero-order chi connectivity index (χ0) is 25.1. The zero-order valence-corrected chi connectivity index (χ0v) is 21.7. The van der Waals surface area contributed by atoms with E-state index >= 15 is 0 Å². The van der Waals surface area contributed by atoms with Gasteiger partial charge in [0.05, 0.1) is 11.1 Å². The van der Waals surface area contributed by atoms with E-state index in [1.54, 1.807) is 22.5 Å². The fraction of sp³-hybridized carbons (Fsp3) is 0.160. The van der Waals surface area contributed by atoms with Gasteiger partial charge in [-0.15, -0.1) is 23.7 Å². The summed E-state index contributed by atoms with van der Waals surface area (Å²) in [5.74, 6) is -0.741. The van der Waals surface area contributed by atoms with Crippen molar-refractivity contribution in [1.82, 2.24) is 20.2 Å². The molecule has 0 aliphatic carbocycles. The number of thiophene rings is 1. The second kappa shape index (κ2) is 11.6. The van der Waals surface area contributed by atoms with Crippen molar-refractivity contribution in [2.45, 2.75) is 12.8 Å². The number of aromatic nitrogens is 2. The molecule has 0 saturated carbocycles. The van der Waals surface area contributed by atoms with Crippen molar-refractivity contribution in [3.63, 3.8) is 0 Å². The highest BCUT2D eigenvalue weighted by atomic mass is 35.5. The van der Waals surface area contributed by atoms with Gasteiger partial charge in [0.1, 0.15) is 5.52 Å². The highest BCUT2D eigenvalue weighted by Crippen LogP contribution is 2.35. The van der Waals surface area contributed by atoms with Crippen LogP contribution in [0.5, 0.6) is 11.5 Å². The summed E-state index contributed by atoms with van der Waals surface area (Å²) in [5, 5.41) is 7.14. The van der Waals surface area contributed by atoms with Gasteiger partial charge in [0.15, 0.2) is 22.4 Å². The number of ether oxygens (including phenoxy) is 1. The van der Waals surface area contributed by atoms with E-state index in [1.807, 2.05) is 30.3 Å². The van der Waals surface area contributed by atoms with E-state index in [-0.39, 0.29) is 47.3 Å².